The van der Waals surface area contributed by atoms with Crippen molar-refractivity contribution in [3.05, 3.63) is 0 Å². The molecule has 0 aliphatic heterocycles. The minimum absolute atomic E-state index is 0.0336. The van der Waals surface area contributed by atoms with Crippen LogP contribution in [0.15, 0.2) is 0 Å². The zero-order chi connectivity index (χ0) is 10.1. The highest BCUT2D eigenvalue weighted by molar-refractivity contribution is 5.83. The van der Waals surface area contributed by atoms with Crippen LogP contribution in [0.2, 0.25) is 0 Å². The maximum Gasteiger partial charge on any atom is 0.137 e. The molecule has 13 heavy (non-hydrogen) atoms. The topological polar surface area (TPSA) is 40.9 Å². The van der Waals surface area contributed by atoms with Gasteiger partial charge in [-0.05, 0) is 32.6 Å². The van der Waals surface area contributed by atoms with Crippen LogP contribution in [0.4, 0.5) is 0 Å². The SMILES string of the molecule is CC1CCC(C(C)(C)C#N)C(=O)C1. The minimum Gasteiger partial charge on any atom is -0.299 e. The summed E-state index contributed by atoms with van der Waals surface area (Å²) in [6.45, 7) is 5.84. The standard InChI is InChI=1S/C11H17NO/c1-8-4-5-9(10(13)6-8)11(2,3)7-12/h8-9H,4-6H2,1-3H3. The molecule has 1 aliphatic carbocycles. The third-order valence-corrected chi connectivity index (χ3v) is 3.05. The molecular formula is C11H17NO. The number of Topliss-reactive ketones (excluding diaryl/α,β-unsaturated/α-hetero) is 1. The number of hydrogen-bond donors (Lipinski definition) is 0. The highest BCUT2D eigenvalue weighted by Gasteiger charge is 2.37. The van der Waals surface area contributed by atoms with E-state index < -0.39 is 5.41 Å². The highest BCUT2D eigenvalue weighted by Crippen LogP contribution is 2.37. The van der Waals surface area contributed by atoms with E-state index in [9.17, 15) is 4.79 Å². The van der Waals surface area contributed by atoms with Crippen molar-refractivity contribution >= 4 is 5.78 Å². The maximum absolute atomic E-state index is 11.7. The van der Waals surface area contributed by atoms with Gasteiger partial charge in [-0.3, -0.25) is 4.79 Å². The van der Waals surface area contributed by atoms with Crippen LogP contribution in [0.25, 0.3) is 0 Å². The fourth-order valence-electron chi connectivity index (χ4n) is 2.04. The third kappa shape index (κ3) is 2.09. The molecule has 1 rings (SSSR count). The van der Waals surface area contributed by atoms with Gasteiger partial charge in [-0.25, -0.2) is 0 Å². The molecular weight excluding hydrogens is 162 g/mol. The summed E-state index contributed by atoms with van der Waals surface area (Å²) >= 11 is 0. The van der Waals surface area contributed by atoms with Gasteiger partial charge in [0, 0.05) is 12.3 Å². The van der Waals surface area contributed by atoms with Crippen LogP contribution in [-0.2, 0) is 4.79 Å². The van der Waals surface area contributed by atoms with Crippen molar-refractivity contribution in [2.45, 2.75) is 40.0 Å². The van der Waals surface area contributed by atoms with E-state index in [1.165, 1.54) is 0 Å². The van der Waals surface area contributed by atoms with Crippen LogP contribution < -0.4 is 0 Å². The normalized spacial score (nSPS) is 29.8. The fraction of sp³-hybridized carbons (Fsp3) is 0.818. The van der Waals surface area contributed by atoms with Gasteiger partial charge in [-0.2, -0.15) is 5.26 Å². The lowest BCUT2D eigenvalue weighted by molar-refractivity contribution is -0.128. The van der Waals surface area contributed by atoms with Crippen molar-refractivity contribution in [3.8, 4) is 6.07 Å². The van der Waals surface area contributed by atoms with E-state index in [-0.39, 0.29) is 11.7 Å². The first-order valence-electron chi connectivity index (χ1n) is 4.91. The van der Waals surface area contributed by atoms with Crippen molar-refractivity contribution in [3.63, 3.8) is 0 Å². The number of hydrogen-bond acceptors (Lipinski definition) is 2. The molecule has 0 spiro atoms. The molecule has 1 saturated carbocycles. The Morgan fingerprint density at radius 2 is 2.08 bits per heavy atom. The zero-order valence-corrected chi connectivity index (χ0v) is 8.63. The van der Waals surface area contributed by atoms with E-state index in [1.54, 1.807) is 0 Å². The Balaban J connectivity index is 2.73. The van der Waals surface area contributed by atoms with Gasteiger partial charge in [0.15, 0.2) is 0 Å². The Morgan fingerprint density at radius 3 is 2.54 bits per heavy atom. The molecule has 2 nitrogen and oxygen atoms in total. The van der Waals surface area contributed by atoms with Crippen LogP contribution in [0.3, 0.4) is 0 Å². The molecule has 0 amide bonds. The summed E-state index contributed by atoms with van der Waals surface area (Å²) in [5.41, 5.74) is -0.475. The molecule has 0 saturated heterocycles. The first kappa shape index (κ1) is 10.2. The van der Waals surface area contributed by atoms with Crippen LogP contribution >= 0.6 is 0 Å². The monoisotopic (exact) mass is 179 g/mol. The molecule has 1 fully saturated rings. The maximum atomic E-state index is 11.7. The zero-order valence-electron chi connectivity index (χ0n) is 8.63. The Kier molecular flexibility index (Phi) is 2.75. The molecule has 0 aromatic carbocycles. The molecule has 1 aliphatic rings. The van der Waals surface area contributed by atoms with Crippen LogP contribution in [-0.4, -0.2) is 5.78 Å². The molecule has 2 atom stereocenters. The van der Waals surface area contributed by atoms with E-state index in [0.717, 1.165) is 12.8 Å². The summed E-state index contributed by atoms with van der Waals surface area (Å²) in [4.78, 5) is 11.7. The average molecular weight is 179 g/mol. The lowest BCUT2D eigenvalue weighted by Gasteiger charge is -2.32. The third-order valence-electron chi connectivity index (χ3n) is 3.05. The van der Waals surface area contributed by atoms with E-state index in [0.29, 0.717) is 12.3 Å². The summed E-state index contributed by atoms with van der Waals surface area (Å²) in [6, 6.07) is 2.24. The van der Waals surface area contributed by atoms with Gasteiger partial charge in [0.1, 0.15) is 5.78 Å². The first-order chi connectivity index (χ1) is 5.97. The number of nitriles is 1. The van der Waals surface area contributed by atoms with Crippen LogP contribution in [0.1, 0.15) is 40.0 Å². The summed E-state index contributed by atoms with van der Waals surface area (Å²) in [5.74, 6) is 0.761. The lowest BCUT2D eigenvalue weighted by Crippen LogP contribution is -2.34. The molecule has 0 aromatic heterocycles. The van der Waals surface area contributed by atoms with E-state index in [2.05, 4.69) is 13.0 Å². The largest absolute Gasteiger partial charge is 0.299 e. The molecule has 2 heteroatoms. The van der Waals surface area contributed by atoms with E-state index in [1.807, 2.05) is 13.8 Å². The van der Waals surface area contributed by atoms with Crippen molar-refractivity contribution in [2.24, 2.45) is 17.3 Å². The second kappa shape index (κ2) is 3.49. The molecule has 0 N–H and O–H groups in total. The van der Waals surface area contributed by atoms with E-state index >= 15 is 0 Å². The Labute approximate surface area is 79.9 Å². The molecule has 0 aromatic rings. The summed E-state index contributed by atoms with van der Waals surface area (Å²) < 4.78 is 0. The van der Waals surface area contributed by atoms with Crippen molar-refractivity contribution in [2.75, 3.05) is 0 Å². The van der Waals surface area contributed by atoms with Gasteiger partial charge in [0.05, 0.1) is 11.5 Å². The van der Waals surface area contributed by atoms with Crippen molar-refractivity contribution < 1.29 is 4.79 Å². The van der Waals surface area contributed by atoms with Gasteiger partial charge < -0.3 is 0 Å². The van der Waals surface area contributed by atoms with Crippen molar-refractivity contribution in [1.82, 2.24) is 0 Å². The fourth-order valence-corrected chi connectivity index (χ4v) is 2.04. The molecule has 0 bridgehead atoms. The molecule has 0 heterocycles. The summed E-state index contributed by atoms with van der Waals surface area (Å²) in [6.07, 6.45) is 2.64. The molecule has 2 unspecified atom stereocenters. The first-order valence-corrected chi connectivity index (χ1v) is 4.91. The van der Waals surface area contributed by atoms with Gasteiger partial charge >= 0.3 is 0 Å². The Hall–Kier alpha value is -0.840. The predicted octanol–water partition coefficient (Wildman–Crippen LogP) is 2.54. The van der Waals surface area contributed by atoms with Crippen LogP contribution in [0, 0.1) is 28.6 Å². The highest BCUT2D eigenvalue weighted by atomic mass is 16.1. The van der Waals surface area contributed by atoms with Gasteiger partial charge in [0.2, 0.25) is 0 Å². The number of rotatable bonds is 1. The van der Waals surface area contributed by atoms with E-state index in [4.69, 9.17) is 5.26 Å². The van der Waals surface area contributed by atoms with Gasteiger partial charge in [0.25, 0.3) is 0 Å². The van der Waals surface area contributed by atoms with Gasteiger partial charge in [-0.1, -0.05) is 6.92 Å². The van der Waals surface area contributed by atoms with Gasteiger partial charge in [-0.15, -0.1) is 0 Å². The Morgan fingerprint density at radius 1 is 1.46 bits per heavy atom. The molecule has 0 radical (unpaired) electrons. The number of carbonyl (C=O) groups is 1. The van der Waals surface area contributed by atoms with Crippen LogP contribution in [0.5, 0.6) is 0 Å². The minimum atomic E-state index is -0.475. The number of nitrogens with zero attached hydrogens (tertiary/aromatic N) is 1. The summed E-state index contributed by atoms with van der Waals surface area (Å²) in [7, 11) is 0. The molecule has 72 valence electrons. The Bertz CT molecular complexity index is 249. The smallest absolute Gasteiger partial charge is 0.137 e. The quantitative estimate of drug-likeness (QED) is 0.620. The van der Waals surface area contributed by atoms with Crippen molar-refractivity contribution in [1.29, 1.82) is 5.26 Å². The lowest BCUT2D eigenvalue weighted by atomic mass is 9.69. The predicted molar refractivity (Wildman–Crippen MR) is 50.9 cm³/mol. The average Bonchev–Trinajstić information content (AvgIpc) is 2.03. The second-order valence-electron chi connectivity index (χ2n) is 4.74. The summed E-state index contributed by atoms with van der Waals surface area (Å²) in [5, 5.41) is 8.93. The second-order valence-corrected chi connectivity index (χ2v) is 4.74. The number of carbonyl (C=O) groups excluding carboxylic acids is 1. The number of ketones is 1.